The number of pyridine rings is 1. The Hall–Kier alpha value is -1.85. The Morgan fingerprint density at radius 2 is 2.12 bits per heavy atom. The summed E-state index contributed by atoms with van der Waals surface area (Å²) >= 11 is 0. The van der Waals surface area contributed by atoms with Gasteiger partial charge in [0.1, 0.15) is 11.4 Å². The third-order valence-corrected chi connectivity index (χ3v) is 4.70. The van der Waals surface area contributed by atoms with Gasteiger partial charge >= 0.3 is 6.09 Å². The average molecular weight is 351 g/mol. The number of nitrogens with one attached hydrogen (secondary N) is 1. The molecule has 0 aromatic carbocycles. The molecule has 2 heterocycles. The zero-order chi connectivity index (χ0) is 18.8. The first kappa shape index (κ1) is 19.5. The van der Waals surface area contributed by atoms with E-state index in [0.717, 1.165) is 12.8 Å². The second-order valence-electron chi connectivity index (χ2n) is 8.29. The molecule has 25 heavy (non-hydrogen) atoms. The van der Waals surface area contributed by atoms with Crippen LogP contribution >= 0.6 is 0 Å². The normalized spacial score (nSPS) is 19.8. The quantitative estimate of drug-likeness (QED) is 0.875. The van der Waals surface area contributed by atoms with E-state index in [1.54, 1.807) is 13.2 Å². The summed E-state index contributed by atoms with van der Waals surface area (Å²) in [4.78, 5) is 18.4. The van der Waals surface area contributed by atoms with Crippen LogP contribution in [0.25, 0.3) is 0 Å². The monoisotopic (exact) mass is 351 g/mol. The van der Waals surface area contributed by atoms with Gasteiger partial charge < -0.3 is 15.0 Å². The molecule has 1 saturated heterocycles. The van der Waals surface area contributed by atoms with Crippen molar-refractivity contribution >= 4 is 11.8 Å². The fourth-order valence-corrected chi connectivity index (χ4v) is 3.49. The van der Waals surface area contributed by atoms with Crippen LogP contribution in [-0.4, -0.2) is 40.2 Å². The highest BCUT2D eigenvalue weighted by molar-refractivity contribution is 5.70. The molecule has 1 aliphatic rings. The molecule has 0 spiro atoms. The van der Waals surface area contributed by atoms with E-state index in [1.165, 1.54) is 6.20 Å². The lowest BCUT2D eigenvalue weighted by Gasteiger charge is -2.37. The number of hydrogen-bond donors (Lipinski definition) is 1. The van der Waals surface area contributed by atoms with E-state index in [2.05, 4.69) is 24.1 Å². The minimum absolute atomic E-state index is 0.0436. The summed E-state index contributed by atoms with van der Waals surface area (Å²) in [5, 5.41) is 2.99. The maximum atomic E-state index is 14.1. The number of hydrogen-bond acceptors (Lipinski definition) is 4. The third kappa shape index (κ3) is 4.61. The summed E-state index contributed by atoms with van der Waals surface area (Å²) < 4.78 is 19.7. The van der Waals surface area contributed by atoms with E-state index in [1.807, 2.05) is 25.7 Å². The Morgan fingerprint density at radius 3 is 2.72 bits per heavy atom. The van der Waals surface area contributed by atoms with Crippen molar-refractivity contribution in [3.05, 3.63) is 23.8 Å². The number of halogens is 1. The van der Waals surface area contributed by atoms with E-state index in [4.69, 9.17) is 4.74 Å². The summed E-state index contributed by atoms with van der Waals surface area (Å²) in [5.41, 5.74) is 0.527. The number of anilines is 1. The van der Waals surface area contributed by atoms with Crippen LogP contribution in [0.15, 0.2) is 12.4 Å². The first-order valence-corrected chi connectivity index (χ1v) is 8.87. The van der Waals surface area contributed by atoms with Gasteiger partial charge in [-0.25, -0.2) is 9.18 Å². The lowest BCUT2D eigenvalue weighted by atomic mass is 10.0. The highest BCUT2D eigenvalue weighted by atomic mass is 19.1. The number of rotatable bonds is 4. The molecule has 1 aromatic heterocycles. The molecule has 1 aliphatic heterocycles. The number of likely N-dealkylation sites (tertiary alicyclic amines) is 1. The number of nitrogens with zero attached hydrogens (tertiary/aromatic N) is 2. The SMILES string of the molecule is CNc1cncc(F)c1CCC1CCC(C)(C)N1C(=O)OC(C)(C)C. The fraction of sp³-hybridized carbons (Fsp3) is 0.684. The number of carbonyl (C=O) groups excluding carboxylic acids is 1. The van der Waals surface area contributed by atoms with E-state index in [9.17, 15) is 9.18 Å². The Morgan fingerprint density at radius 1 is 1.44 bits per heavy atom. The molecule has 0 bridgehead atoms. The van der Waals surface area contributed by atoms with Crippen LogP contribution in [0, 0.1) is 5.82 Å². The number of carbonyl (C=O) groups is 1. The summed E-state index contributed by atoms with van der Waals surface area (Å²) in [6, 6.07) is 0.0436. The van der Waals surface area contributed by atoms with Gasteiger partial charge in [-0.2, -0.15) is 0 Å². The van der Waals surface area contributed by atoms with E-state index < -0.39 is 5.60 Å². The molecule has 2 rings (SSSR count). The van der Waals surface area contributed by atoms with Gasteiger partial charge in [-0.15, -0.1) is 0 Å². The van der Waals surface area contributed by atoms with Gasteiger partial charge in [-0.05, 0) is 60.3 Å². The standard InChI is InChI=1S/C19H30FN3O2/c1-18(2,3)25-17(24)23-13(9-10-19(23,4)5)7-8-14-15(20)11-22-12-16(14)21-6/h11-13,21H,7-10H2,1-6H3. The maximum absolute atomic E-state index is 14.1. The van der Waals surface area contributed by atoms with Crippen LogP contribution in [0.3, 0.4) is 0 Å². The van der Waals surface area contributed by atoms with E-state index in [0.29, 0.717) is 24.1 Å². The Balaban J connectivity index is 2.14. The molecule has 1 fully saturated rings. The number of aromatic nitrogens is 1. The molecule has 1 atom stereocenters. The van der Waals surface area contributed by atoms with Crippen LogP contribution in [-0.2, 0) is 11.2 Å². The van der Waals surface area contributed by atoms with Gasteiger partial charge in [-0.1, -0.05) is 0 Å². The minimum Gasteiger partial charge on any atom is -0.444 e. The van der Waals surface area contributed by atoms with Gasteiger partial charge in [-0.3, -0.25) is 4.98 Å². The smallest absolute Gasteiger partial charge is 0.410 e. The number of amides is 1. The molecule has 0 radical (unpaired) electrons. The zero-order valence-electron chi connectivity index (χ0n) is 16.1. The molecule has 0 saturated carbocycles. The van der Waals surface area contributed by atoms with Crippen LogP contribution in [0.2, 0.25) is 0 Å². The van der Waals surface area contributed by atoms with Gasteiger partial charge in [0.25, 0.3) is 0 Å². The lowest BCUT2D eigenvalue weighted by molar-refractivity contribution is 0.00307. The largest absolute Gasteiger partial charge is 0.444 e. The Kier molecular flexibility index (Phi) is 5.59. The second kappa shape index (κ2) is 7.18. The maximum Gasteiger partial charge on any atom is 0.410 e. The Bertz CT molecular complexity index is 626. The summed E-state index contributed by atoms with van der Waals surface area (Å²) in [7, 11) is 1.76. The summed E-state index contributed by atoms with van der Waals surface area (Å²) in [6.07, 6.45) is 5.62. The summed E-state index contributed by atoms with van der Waals surface area (Å²) in [6.45, 7) is 9.73. The third-order valence-electron chi connectivity index (χ3n) is 4.70. The first-order chi connectivity index (χ1) is 11.5. The number of ether oxygens (including phenoxy) is 1. The van der Waals surface area contributed by atoms with Gasteiger partial charge in [0.2, 0.25) is 0 Å². The Labute approximate surface area is 150 Å². The molecule has 1 amide bonds. The van der Waals surface area contributed by atoms with Gasteiger partial charge in [0, 0.05) is 24.2 Å². The molecule has 1 unspecified atom stereocenters. The molecule has 1 aromatic rings. The molecule has 0 aliphatic carbocycles. The average Bonchev–Trinajstić information content (AvgIpc) is 2.78. The van der Waals surface area contributed by atoms with Crippen LogP contribution < -0.4 is 5.32 Å². The van der Waals surface area contributed by atoms with Crippen molar-refractivity contribution in [2.24, 2.45) is 0 Å². The molecule has 5 nitrogen and oxygen atoms in total. The highest BCUT2D eigenvalue weighted by Crippen LogP contribution is 2.37. The lowest BCUT2D eigenvalue weighted by Crippen LogP contribution is -2.49. The molecule has 1 N–H and O–H groups in total. The molecular weight excluding hydrogens is 321 g/mol. The van der Waals surface area contributed by atoms with Crippen molar-refractivity contribution in [2.75, 3.05) is 12.4 Å². The van der Waals surface area contributed by atoms with Crippen molar-refractivity contribution in [2.45, 2.75) is 77.5 Å². The molecule has 140 valence electrons. The topological polar surface area (TPSA) is 54.5 Å². The molecule has 6 heteroatoms. The van der Waals surface area contributed by atoms with Gasteiger partial charge in [0.05, 0.1) is 18.1 Å². The first-order valence-electron chi connectivity index (χ1n) is 8.87. The molecular formula is C19H30FN3O2. The predicted octanol–water partition coefficient (Wildman–Crippen LogP) is 4.37. The second-order valence-corrected chi connectivity index (χ2v) is 8.29. The van der Waals surface area contributed by atoms with Crippen LogP contribution in [0.1, 0.15) is 59.4 Å². The summed E-state index contributed by atoms with van der Waals surface area (Å²) in [5.74, 6) is -0.312. The van der Waals surface area contributed by atoms with Crippen molar-refractivity contribution in [1.29, 1.82) is 0 Å². The van der Waals surface area contributed by atoms with E-state index in [-0.39, 0.29) is 23.5 Å². The van der Waals surface area contributed by atoms with Crippen molar-refractivity contribution in [3.8, 4) is 0 Å². The van der Waals surface area contributed by atoms with Crippen LogP contribution in [0.5, 0.6) is 0 Å². The van der Waals surface area contributed by atoms with Crippen molar-refractivity contribution < 1.29 is 13.9 Å². The van der Waals surface area contributed by atoms with Crippen molar-refractivity contribution in [3.63, 3.8) is 0 Å². The van der Waals surface area contributed by atoms with Crippen LogP contribution in [0.4, 0.5) is 14.9 Å². The fourth-order valence-electron chi connectivity index (χ4n) is 3.49. The van der Waals surface area contributed by atoms with Gasteiger partial charge in [0.15, 0.2) is 0 Å². The highest BCUT2D eigenvalue weighted by Gasteiger charge is 2.44. The minimum atomic E-state index is -0.531. The predicted molar refractivity (Wildman–Crippen MR) is 97.2 cm³/mol. The van der Waals surface area contributed by atoms with E-state index >= 15 is 0 Å². The van der Waals surface area contributed by atoms with Crippen molar-refractivity contribution in [1.82, 2.24) is 9.88 Å². The zero-order valence-corrected chi connectivity index (χ0v) is 16.1.